The number of Topliss-reactive ketones (excluding diaryl/α,β-unsaturated/α-hetero) is 1. The largest absolute Gasteiger partial charge is 0.494 e. The molecule has 0 atom stereocenters. The molecule has 35 heavy (non-hydrogen) atoms. The van der Waals surface area contributed by atoms with E-state index in [1.54, 1.807) is 25.1 Å². The number of aryl methyl sites for hydroxylation is 1. The van der Waals surface area contributed by atoms with Crippen LogP contribution in [0.1, 0.15) is 31.3 Å². The Morgan fingerprint density at radius 1 is 1.06 bits per heavy atom. The minimum atomic E-state index is -0.594. The Labute approximate surface area is 213 Å². The maximum atomic E-state index is 13.7. The second-order valence-electron chi connectivity index (χ2n) is 7.41. The van der Waals surface area contributed by atoms with Gasteiger partial charge in [0.2, 0.25) is 0 Å². The topological polar surface area (TPSA) is 94.1 Å². The van der Waals surface area contributed by atoms with Crippen LogP contribution in [0.15, 0.2) is 48.9 Å². The Balaban J connectivity index is 1.56. The van der Waals surface area contributed by atoms with Gasteiger partial charge in [-0.15, -0.1) is 0 Å². The fraction of sp³-hybridized carbons (Fsp3) is 0.125. The van der Waals surface area contributed by atoms with E-state index in [1.807, 2.05) is 0 Å². The molecular formula is C24H17Cl2FN4O3S. The molecule has 4 rings (SSSR count). The van der Waals surface area contributed by atoms with Gasteiger partial charge in [-0.05, 0) is 36.8 Å². The lowest BCUT2D eigenvalue weighted by atomic mass is 10.0. The van der Waals surface area contributed by atoms with E-state index in [0.29, 0.717) is 33.0 Å². The number of methoxy groups -OCH3 is 1. The van der Waals surface area contributed by atoms with E-state index in [0.717, 1.165) is 11.3 Å². The number of rotatable bonds is 7. The number of hydrogen-bond donors (Lipinski definition) is 1. The number of halogens is 3. The first-order chi connectivity index (χ1) is 16.7. The molecule has 11 heteroatoms. The van der Waals surface area contributed by atoms with E-state index in [9.17, 15) is 14.0 Å². The van der Waals surface area contributed by atoms with Crippen molar-refractivity contribution in [2.45, 2.75) is 13.3 Å². The van der Waals surface area contributed by atoms with Gasteiger partial charge in [0.05, 0.1) is 35.0 Å². The Hall–Kier alpha value is -3.40. The number of pyridine rings is 2. The van der Waals surface area contributed by atoms with Gasteiger partial charge in [-0.25, -0.2) is 14.4 Å². The standard InChI is InChI=1S/C24H17Cl2FN4O3S/c1-12-5-14(15-8-22(26)29-10-20(15)34-2)16(9-28-12)23(33)31-24-30-11-21(35-24)19(32)7-13-3-4-17(25)18(27)6-13/h3-6,8-11H,7H2,1-2H3,(H,30,31,33). The lowest BCUT2D eigenvalue weighted by molar-refractivity contribution is 0.0994. The van der Waals surface area contributed by atoms with Gasteiger partial charge in [-0.3, -0.25) is 19.9 Å². The zero-order valence-corrected chi connectivity index (χ0v) is 20.8. The predicted octanol–water partition coefficient (Wildman–Crippen LogP) is 6.04. The highest BCUT2D eigenvalue weighted by Crippen LogP contribution is 2.34. The van der Waals surface area contributed by atoms with Crippen LogP contribution in [-0.4, -0.2) is 33.8 Å². The van der Waals surface area contributed by atoms with E-state index in [4.69, 9.17) is 27.9 Å². The van der Waals surface area contributed by atoms with Crippen LogP contribution in [0.2, 0.25) is 10.2 Å². The first-order valence-corrected chi connectivity index (χ1v) is 11.7. The summed E-state index contributed by atoms with van der Waals surface area (Å²) in [5.41, 5.74) is 2.56. The van der Waals surface area contributed by atoms with E-state index < -0.39 is 11.7 Å². The summed E-state index contributed by atoms with van der Waals surface area (Å²) in [7, 11) is 1.49. The monoisotopic (exact) mass is 530 g/mol. The molecule has 0 aliphatic heterocycles. The third-order valence-electron chi connectivity index (χ3n) is 4.98. The normalized spacial score (nSPS) is 10.8. The van der Waals surface area contributed by atoms with Gasteiger partial charge in [-0.1, -0.05) is 40.6 Å². The summed E-state index contributed by atoms with van der Waals surface area (Å²) >= 11 is 12.8. The van der Waals surface area contributed by atoms with Crippen LogP contribution in [0, 0.1) is 12.7 Å². The van der Waals surface area contributed by atoms with Crippen molar-refractivity contribution in [2.75, 3.05) is 12.4 Å². The molecule has 0 spiro atoms. The van der Waals surface area contributed by atoms with Crippen molar-refractivity contribution in [3.8, 4) is 16.9 Å². The summed E-state index contributed by atoms with van der Waals surface area (Å²) in [6.07, 6.45) is 4.26. The van der Waals surface area contributed by atoms with Crippen LogP contribution in [-0.2, 0) is 6.42 Å². The van der Waals surface area contributed by atoms with Crippen molar-refractivity contribution in [1.82, 2.24) is 15.0 Å². The van der Waals surface area contributed by atoms with Crippen molar-refractivity contribution in [3.05, 3.63) is 86.6 Å². The van der Waals surface area contributed by atoms with Gasteiger partial charge in [0.25, 0.3) is 5.91 Å². The molecule has 4 aromatic rings. The minimum absolute atomic E-state index is 0.0133. The van der Waals surface area contributed by atoms with Gasteiger partial charge < -0.3 is 4.74 Å². The highest BCUT2D eigenvalue weighted by molar-refractivity contribution is 7.17. The van der Waals surface area contributed by atoms with Gasteiger partial charge in [0, 0.05) is 29.4 Å². The Morgan fingerprint density at radius 2 is 1.86 bits per heavy atom. The third-order valence-corrected chi connectivity index (χ3v) is 6.45. The number of ether oxygens (including phenoxy) is 1. The minimum Gasteiger partial charge on any atom is -0.494 e. The number of amides is 1. The SMILES string of the molecule is COc1cnc(Cl)cc1-c1cc(C)ncc1C(=O)Nc1ncc(C(=O)Cc2ccc(Cl)c(F)c2)s1. The van der Waals surface area contributed by atoms with Gasteiger partial charge in [-0.2, -0.15) is 0 Å². The van der Waals surface area contributed by atoms with E-state index in [1.165, 1.54) is 37.8 Å². The summed E-state index contributed by atoms with van der Waals surface area (Å²) in [4.78, 5) is 38.5. The molecule has 0 bridgehead atoms. The van der Waals surface area contributed by atoms with Crippen LogP contribution >= 0.6 is 34.5 Å². The highest BCUT2D eigenvalue weighted by atomic mass is 35.5. The summed E-state index contributed by atoms with van der Waals surface area (Å²) in [6.45, 7) is 1.80. The first kappa shape index (κ1) is 24.7. The van der Waals surface area contributed by atoms with Gasteiger partial charge in [0.15, 0.2) is 10.9 Å². The zero-order valence-electron chi connectivity index (χ0n) is 18.4. The Kier molecular flexibility index (Phi) is 7.39. The molecule has 1 amide bonds. The zero-order chi connectivity index (χ0) is 25.1. The second kappa shape index (κ2) is 10.5. The van der Waals surface area contributed by atoms with Gasteiger partial charge >= 0.3 is 0 Å². The van der Waals surface area contributed by atoms with Crippen molar-refractivity contribution in [1.29, 1.82) is 0 Å². The average molecular weight is 531 g/mol. The molecule has 7 nitrogen and oxygen atoms in total. The van der Waals surface area contributed by atoms with Crippen molar-refractivity contribution in [3.63, 3.8) is 0 Å². The number of aromatic nitrogens is 3. The molecule has 1 aromatic carbocycles. The van der Waals surface area contributed by atoms with E-state index in [2.05, 4.69) is 20.3 Å². The van der Waals surface area contributed by atoms with Crippen LogP contribution in [0.5, 0.6) is 5.75 Å². The first-order valence-electron chi connectivity index (χ1n) is 10.2. The summed E-state index contributed by atoms with van der Waals surface area (Å²) < 4.78 is 19.1. The molecule has 0 fully saturated rings. The number of anilines is 1. The lowest BCUT2D eigenvalue weighted by Crippen LogP contribution is -2.14. The molecule has 0 radical (unpaired) electrons. The molecule has 178 valence electrons. The number of hydrogen-bond acceptors (Lipinski definition) is 7. The number of carbonyl (C=O) groups is 2. The van der Waals surface area contributed by atoms with Crippen molar-refractivity contribution < 1.29 is 18.7 Å². The van der Waals surface area contributed by atoms with E-state index >= 15 is 0 Å². The maximum absolute atomic E-state index is 13.7. The fourth-order valence-electron chi connectivity index (χ4n) is 3.30. The molecule has 1 N–H and O–H groups in total. The van der Waals surface area contributed by atoms with Crippen LogP contribution in [0.3, 0.4) is 0 Å². The van der Waals surface area contributed by atoms with Crippen molar-refractivity contribution in [2.24, 2.45) is 0 Å². The molecule has 0 unspecified atom stereocenters. The number of nitrogens with zero attached hydrogens (tertiary/aromatic N) is 3. The molecule has 0 saturated carbocycles. The van der Waals surface area contributed by atoms with Crippen LogP contribution in [0.4, 0.5) is 9.52 Å². The van der Waals surface area contributed by atoms with Crippen molar-refractivity contribution >= 4 is 51.4 Å². The van der Waals surface area contributed by atoms with E-state index in [-0.39, 0.29) is 33.1 Å². The van der Waals surface area contributed by atoms with Gasteiger partial charge in [0.1, 0.15) is 16.7 Å². The Morgan fingerprint density at radius 3 is 2.60 bits per heavy atom. The lowest BCUT2D eigenvalue weighted by Gasteiger charge is -2.13. The third kappa shape index (κ3) is 5.64. The Bertz CT molecular complexity index is 1440. The molecule has 0 aliphatic rings. The summed E-state index contributed by atoms with van der Waals surface area (Å²) in [5.74, 6) is -0.896. The quantitative estimate of drug-likeness (QED) is 0.231. The summed E-state index contributed by atoms with van der Waals surface area (Å²) in [6, 6.07) is 7.54. The predicted molar refractivity (Wildman–Crippen MR) is 133 cm³/mol. The molecule has 3 aromatic heterocycles. The number of benzene rings is 1. The molecule has 0 aliphatic carbocycles. The second-order valence-corrected chi connectivity index (χ2v) is 9.24. The smallest absolute Gasteiger partial charge is 0.259 e. The summed E-state index contributed by atoms with van der Waals surface area (Å²) in [5, 5.41) is 3.16. The van der Waals surface area contributed by atoms with Crippen LogP contribution < -0.4 is 10.1 Å². The number of thiazole rings is 1. The fourth-order valence-corrected chi connectivity index (χ4v) is 4.33. The average Bonchev–Trinajstić information content (AvgIpc) is 3.30. The number of nitrogens with one attached hydrogen (secondary N) is 1. The number of carbonyl (C=O) groups excluding carboxylic acids is 2. The molecule has 3 heterocycles. The van der Waals surface area contributed by atoms with Crippen LogP contribution in [0.25, 0.3) is 11.1 Å². The molecular weight excluding hydrogens is 514 g/mol. The number of ketones is 1. The molecule has 0 saturated heterocycles. The highest BCUT2D eigenvalue weighted by Gasteiger charge is 2.20. The maximum Gasteiger partial charge on any atom is 0.259 e.